The van der Waals surface area contributed by atoms with Crippen LogP contribution >= 0.6 is 11.8 Å². The second kappa shape index (κ2) is 7.45. The largest absolute Gasteiger partial charge is 0.336 e. The third-order valence-electron chi connectivity index (χ3n) is 4.70. The van der Waals surface area contributed by atoms with E-state index >= 15 is 0 Å². The Morgan fingerprint density at radius 3 is 2.56 bits per heavy atom. The molecule has 0 saturated carbocycles. The second-order valence-corrected chi connectivity index (χ2v) is 7.06. The number of hydrogen-bond donors (Lipinski definition) is 1. The molecule has 1 aromatic carbocycles. The number of amides is 4. The molecule has 0 bridgehead atoms. The van der Waals surface area contributed by atoms with Crippen molar-refractivity contribution in [1.82, 2.24) is 20.0 Å². The molecule has 1 aromatic rings. The highest BCUT2D eigenvalue weighted by atomic mass is 32.2. The van der Waals surface area contributed by atoms with Gasteiger partial charge in [0.05, 0.1) is 12.6 Å². The highest BCUT2D eigenvalue weighted by Gasteiger charge is 2.34. The fourth-order valence-electron chi connectivity index (χ4n) is 3.10. The molecule has 1 N–H and O–H groups in total. The lowest BCUT2D eigenvalue weighted by atomic mass is 10.1. The fourth-order valence-corrected chi connectivity index (χ4v) is 3.56. The van der Waals surface area contributed by atoms with Crippen LogP contribution in [-0.4, -0.2) is 78.2 Å². The molecule has 2 heterocycles. The molecule has 0 spiro atoms. The van der Waals surface area contributed by atoms with Gasteiger partial charge in [0.2, 0.25) is 5.91 Å². The first-order chi connectivity index (χ1) is 12.0. The van der Waals surface area contributed by atoms with Crippen molar-refractivity contribution in [3.05, 3.63) is 29.8 Å². The third kappa shape index (κ3) is 3.80. The summed E-state index contributed by atoms with van der Waals surface area (Å²) >= 11 is 1.61. The van der Waals surface area contributed by atoms with E-state index in [0.29, 0.717) is 31.7 Å². The molecule has 3 rings (SSSR count). The average molecular weight is 362 g/mol. The van der Waals surface area contributed by atoms with E-state index in [-0.39, 0.29) is 30.4 Å². The van der Waals surface area contributed by atoms with Crippen molar-refractivity contribution >= 4 is 29.6 Å². The van der Waals surface area contributed by atoms with Crippen molar-refractivity contribution in [3.8, 4) is 0 Å². The zero-order valence-electron chi connectivity index (χ0n) is 14.4. The molecule has 0 aliphatic carbocycles. The Morgan fingerprint density at radius 2 is 1.92 bits per heavy atom. The Balaban J connectivity index is 1.59. The predicted octanol–water partition coefficient (Wildman–Crippen LogP) is 1.06. The summed E-state index contributed by atoms with van der Waals surface area (Å²) < 4.78 is 0. The average Bonchev–Trinajstić information content (AvgIpc) is 2.65. The molecule has 2 saturated heterocycles. The van der Waals surface area contributed by atoms with E-state index in [0.717, 1.165) is 9.80 Å². The van der Waals surface area contributed by atoms with E-state index in [9.17, 15) is 14.4 Å². The first-order valence-electron chi connectivity index (χ1n) is 8.24. The minimum Gasteiger partial charge on any atom is -0.336 e. The van der Waals surface area contributed by atoms with Crippen molar-refractivity contribution < 1.29 is 14.4 Å². The van der Waals surface area contributed by atoms with Gasteiger partial charge in [-0.3, -0.25) is 19.4 Å². The van der Waals surface area contributed by atoms with Gasteiger partial charge < -0.3 is 10.2 Å². The Kier molecular flexibility index (Phi) is 5.29. The molecule has 25 heavy (non-hydrogen) atoms. The topological polar surface area (TPSA) is 73.0 Å². The molecular weight excluding hydrogens is 340 g/mol. The Labute approximate surface area is 151 Å². The number of thioether (sulfide) groups is 1. The molecule has 1 unspecified atom stereocenters. The molecule has 2 aliphatic rings. The van der Waals surface area contributed by atoms with Gasteiger partial charge in [0.25, 0.3) is 5.91 Å². The van der Waals surface area contributed by atoms with Gasteiger partial charge in [0, 0.05) is 43.7 Å². The van der Waals surface area contributed by atoms with Crippen LogP contribution in [0.25, 0.3) is 0 Å². The van der Waals surface area contributed by atoms with Gasteiger partial charge in [-0.25, -0.2) is 4.79 Å². The van der Waals surface area contributed by atoms with Crippen molar-refractivity contribution in [2.75, 3.05) is 39.5 Å². The number of nitrogens with zero attached hydrogens (tertiary/aromatic N) is 3. The first-order valence-corrected chi connectivity index (χ1v) is 9.46. The molecular formula is C17H22N4O3S. The lowest BCUT2D eigenvalue weighted by molar-refractivity contribution is -0.130. The van der Waals surface area contributed by atoms with Crippen LogP contribution in [0.15, 0.2) is 29.2 Å². The lowest BCUT2D eigenvalue weighted by Gasteiger charge is -2.41. The number of urea groups is 1. The van der Waals surface area contributed by atoms with Crippen molar-refractivity contribution in [2.45, 2.75) is 17.5 Å². The van der Waals surface area contributed by atoms with Crippen molar-refractivity contribution in [1.29, 1.82) is 0 Å². The number of rotatable bonds is 3. The van der Waals surface area contributed by atoms with Gasteiger partial charge in [-0.05, 0) is 24.5 Å². The lowest BCUT2D eigenvalue weighted by Crippen LogP contribution is -2.62. The number of hydrogen-bond acceptors (Lipinski definition) is 5. The van der Waals surface area contributed by atoms with Gasteiger partial charge >= 0.3 is 6.03 Å². The number of benzene rings is 1. The standard InChI is InChI=1S/C17H22N4O3S/c1-19-15(22)11-14(18-17(19)24)20-6-8-21(9-7-20)16(23)12-4-3-5-13(10-12)25-2/h3-5,10,14H,6-9,11H2,1-2H3,(H,18,24). The molecule has 1 atom stereocenters. The Hall–Kier alpha value is -2.06. The maximum atomic E-state index is 12.7. The van der Waals surface area contributed by atoms with Crippen molar-refractivity contribution in [3.63, 3.8) is 0 Å². The monoisotopic (exact) mass is 362 g/mol. The number of carbonyl (C=O) groups excluding carboxylic acids is 3. The molecule has 134 valence electrons. The van der Waals surface area contributed by atoms with Crippen LogP contribution in [0.3, 0.4) is 0 Å². The van der Waals surface area contributed by atoms with Crippen molar-refractivity contribution in [2.24, 2.45) is 0 Å². The molecule has 8 heteroatoms. The van der Waals surface area contributed by atoms with Crippen LogP contribution in [0, 0.1) is 0 Å². The zero-order valence-corrected chi connectivity index (χ0v) is 15.2. The summed E-state index contributed by atoms with van der Waals surface area (Å²) in [5, 5.41) is 2.84. The summed E-state index contributed by atoms with van der Waals surface area (Å²) in [6.45, 7) is 2.43. The fraction of sp³-hybridized carbons (Fsp3) is 0.471. The summed E-state index contributed by atoms with van der Waals surface area (Å²) in [4.78, 5) is 42.4. The predicted molar refractivity (Wildman–Crippen MR) is 95.4 cm³/mol. The molecule has 0 radical (unpaired) electrons. The van der Waals surface area contributed by atoms with E-state index in [1.807, 2.05) is 35.4 Å². The molecule has 0 aromatic heterocycles. The van der Waals surface area contributed by atoms with Crippen LogP contribution in [0.1, 0.15) is 16.8 Å². The Bertz CT molecular complexity index is 670. The van der Waals surface area contributed by atoms with Crippen LogP contribution in [-0.2, 0) is 4.79 Å². The minimum atomic E-state index is -0.367. The summed E-state index contributed by atoms with van der Waals surface area (Å²) in [6.07, 6.45) is 1.97. The van der Waals surface area contributed by atoms with E-state index in [1.165, 1.54) is 7.05 Å². The summed E-state index contributed by atoms with van der Waals surface area (Å²) in [5.41, 5.74) is 0.697. The number of imide groups is 1. The summed E-state index contributed by atoms with van der Waals surface area (Å²) in [7, 11) is 1.48. The van der Waals surface area contributed by atoms with Gasteiger partial charge in [0.1, 0.15) is 0 Å². The molecule has 2 aliphatic heterocycles. The van der Waals surface area contributed by atoms with E-state index in [1.54, 1.807) is 11.8 Å². The van der Waals surface area contributed by atoms with Gasteiger partial charge in [-0.15, -0.1) is 11.8 Å². The van der Waals surface area contributed by atoms with Gasteiger partial charge in [-0.2, -0.15) is 0 Å². The van der Waals surface area contributed by atoms with Crippen LogP contribution < -0.4 is 5.32 Å². The van der Waals surface area contributed by atoms with E-state index < -0.39 is 0 Å². The van der Waals surface area contributed by atoms with E-state index in [2.05, 4.69) is 10.2 Å². The molecule has 4 amide bonds. The molecule has 7 nitrogen and oxygen atoms in total. The number of nitrogens with one attached hydrogen (secondary N) is 1. The zero-order chi connectivity index (χ0) is 18.0. The number of piperazine rings is 1. The maximum absolute atomic E-state index is 12.7. The number of carbonyl (C=O) groups is 3. The van der Waals surface area contributed by atoms with E-state index in [4.69, 9.17) is 0 Å². The smallest absolute Gasteiger partial charge is 0.325 e. The highest BCUT2D eigenvalue weighted by Crippen LogP contribution is 2.19. The van der Waals surface area contributed by atoms with Gasteiger partial charge in [-0.1, -0.05) is 6.07 Å². The van der Waals surface area contributed by atoms with Gasteiger partial charge in [0.15, 0.2) is 0 Å². The second-order valence-electron chi connectivity index (χ2n) is 6.18. The Morgan fingerprint density at radius 1 is 1.20 bits per heavy atom. The summed E-state index contributed by atoms with van der Waals surface area (Å²) in [6, 6.07) is 7.27. The van der Waals surface area contributed by atoms with Crippen LogP contribution in [0.2, 0.25) is 0 Å². The SMILES string of the molecule is CSc1cccc(C(=O)N2CCN(C3CC(=O)N(C)C(=O)N3)CC2)c1. The summed E-state index contributed by atoms with van der Waals surface area (Å²) in [5.74, 6) is -0.153. The quantitative estimate of drug-likeness (QED) is 0.814. The maximum Gasteiger partial charge on any atom is 0.325 e. The van der Waals surface area contributed by atoms with Crippen LogP contribution in [0.5, 0.6) is 0 Å². The minimum absolute atomic E-state index is 0.0269. The molecule has 2 fully saturated rings. The first kappa shape index (κ1) is 17.8. The van der Waals surface area contributed by atoms with Crippen LogP contribution in [0.4, 0.5) is 4.79 Å². The third-order valence-corrected chi connectivity index (χ3v) is 5.42. The highest BCUT2D eigenvalue weighted by molar-refractivity contribution is 7.98. The normalized spacial score (nSPS) is 22.1.